The summed E-state index contributed by atoms with van der Waals surface area (Å²) in [6.45, 7) is 4.19. The summed E-state index contributed by atoms with van der Waals surface area (Å²) in [5.74, 6) is 0.949. The standard InChI is InChI=1S/C14H19N3O/c1-12(17-9-14-15-7-8-16-14)10-18-11-13-5-3-2-4-6-13/h2-8,12,17H,9-11H2,1H3,(H,15,16)/t12-/m0/s1. The number of benzene rings is 1. The molecule has 0 spiro atoms. The number of nitrogens with one attached hydrogen (secondary N) is 2. The summed E-state index contributed by atoms with van der Waals surface area (Å²) in [4.78, 5) is 7.22. The third kappa shape index (κ3) is 4.31. The highest BCUT2D eigenvalue weighted by molar-refractivity contribution is 5.13. The van der Waals surface area contributed by atoms with Gasteiger partial charge in [-0.15, -0.1) is 0 Å². The van der Waals surface area contributed by atoms with E-state index in [0.717, 1.165) is 12.4 Å². The number of nitrogens with zero attached hydrogens (tertiary/aromatic N) is 1. The third-order valence-electron chi connectivity index (χ3n) is 2.65. The molecule has 2 N–H and O–H groups in total. The Kier molecular flexibility index (Phi) is 4.93. The lowest BCUT2D eigenvalue weighted by atomic mass is 10.2. The molecule has 4 nitrogen and oxygen atoms in total. The summed E-state index contributed by atoms with van der Waals surface area (Å²) in [5.41, 5.74) is 1.20. The van der Waals surface area contributed by atoms with E-state index < -0.39 is 0 Å². The molecule has 2 rings (SSSR count). The molecule has 1 aromatic carbocycles. The molecule has 0 saturated carbocycles. The van der Waals surface area contributed by atoms with Gasteiger partial charge in [-0.25, -0.2) is 4.98 Å². The highest BCUT2D eigenvalue weighted by atomic mass is 16.5. The number of aromatic amines is 1. The minimum absolute atomic E-state index is 0.304. The van der Waals surface area contributed by atoms with E-state index in [0.29, 0.717) is 19.3 Å². The van der Waals surface area contributed by atoms with Crippen LogP contribution < -0.4 is 5.32 Å². The molecule has 0 aliphatic rings. The van der Waals surface area contributed by atoms with E-state index in [-0.39, 0.29) is 0 Å². The second-order valence-electron chi connectivity index (χ2n) is 4.32. The Labute approximate surface area is 107 Å². The quantitative estimate of drug-likeness (QED) is 0.785. The normalized spacial score (nSPS) is 12.5. The molecule has 0 bridgehead atoms. The number of H-pyrrole nitrogens is 1. The first kappa shape index (κ1) is 12.8. The molecule has 1 heterocycles. The van der Waals surface area contributed by atoms with Gasteiger partial charge in [-0.2, -0.15) is 0 Å². The SMILES string of the molecule is C[C@@H](COCc1ccccc1)NCc1ncc[nH]1. The third-order valence-corrected chi connectivity index (χ3v) is 2.65. The van der Waals surface area contributed by atoms with Crippen LogP contribution in [-0.4, -0.2) is 22.6 Å². The fourth-order valence-corrected chi connectivity index (χ4v) is 1.65. The molecule has 1 atom stereocenters. The van der Waals surface area contributed by atoms with Gasteiger partial charge in [-0.3, -0.25) is 0 Å². The number of imidazole rings is 1. The highest BCUT2D eigenvalue weighted by Gasteiger charge is 2.02. The van der Waals surface area contributed by atoms with E-state index in [2.05, 4.69) is 34.3 Å². The van der Waals surface area contributed by atoms with Crippen LogP contribution in [0, 0.1) is 0 Å². The summed E-state index contributed by atoms with van der Waals surface area (Å²) in [7, 11) is 0. The Bertz CT molecular complexity index is 428. The fraction of sp³-hybridized carbons (Fsp3) is 0.357. The predicted octanol–water partition coefficient (Wildman–Crippen LogP) is 2.10. The van der Waals surface area contributed by atoms with Gasteiger partial charge in [0, 0.05) is 18.4 Å². The molecule has 0 amide bonds. The van der Waals surface area contributed by atoms with Crippen molar-refractivity contribution in [2.45, 2.75) is 26.1 Å². The lowest BCUT2D eigenvalue weighted by molar-refractivity contribution is 0.102. The van der Waals surface area contributed by atoms with E-state index in [9.17, 15) is 0 Å². The maximum Gasteiger partial charge on any atom is 0.120 e. The number of rotatable bonds is 7. The minimum Gasteiger partial charge on any atom is -0.375 e. The summed E-state index contributed by atoms with van der Waals surface area (Å²) in [6, 6.07) is 10.5. The van der Waals surface area contributed by atoms with E-state index in [1.807, 2.05) is 24.4 Å². The van der Waals surface area contributed by atoms with Crippen molar-refractivity contribution >= 4 is 0 Å². The van der Waals surface area contributed by atoms with E-state index >= 15 is 0 Å². The van der Waals surface area contributed by atoms with Gasteiger partial charge in [0.25, 0.3) is 0 Å². The molecule has 0 unspecified atom stereocenters. The number of aromatic nitrogens is 2. The van der Waals surface area contributed by atoms with Crippen LogP contribution in [0.4, 0.5) is 0 Å². The Hall–Kier alpha value is -1.65. The van der Waals surface area contributed by atoms with E-state index in [4.69, 9.17) is 4.74 Å². The van der Waals surface area contributed by atoms with Crippen LogP contribution in [0.3, 0.4) is 0 Å². The highest BCUT2D eigenvalue weighted by Crippen LogP contribution is 2.01. The lowest BCUT2D eigenvalue weighted by Crippen LogP contribution is -2.30. The second kappa shape index (κ2) is 6.93. The number of hydrogen-bond donors (Lipinski definition) is 2. The van der Waals surface area contributed by atoms with Crippen LogP contribution in [0.1, 0.15) is 18.3 Å². The summed E-state index contributed by atoms with van der Waals surface area (Å²) in [6.07, 6.45) is 3.58. The van der Waals surface area contributed by atoms with Gasteiger partial charge in [-0.1, -0.05) is 30.3 Å². The van der Waals surface area contributed by atoms with Gasteiger partial charge in [-0.05, 0) is 12.5 Å². The molecule has 0 saturated heterocycles. The maximum absolute atomic E-state index is 5.66. The summed E-state index contributed by atoms with van der Waals surface area (Å²) < 4.78 is 5.66. The van der Waals surface area contributed by atoms with Crippen molar-refractivity contribution < 1.29 is 4.74 Å². The smallest absolute Gasteiger partial charge is 0.120 e. The average molecular weight is 245 g/mol. The van der Waals surface area contributed by atoms with Crippen LogP contribution in [0.2, 0.25) is 0 Å². The van der Waals surface area contributed by atoms with Crippen molar-refractivity contribution in [3.05, 3.63) is 54.1 Å². The molecule has 2 aromatic rings. The van der Waals surface area contributed by atoms with Gasteiger partial charge < -0.3 is 15.0 Å². The topological polar surface area (TPSA) is 49.9 Å². The van der Waals surface area contributed by atoms with E-state index in [1.165, 1.54) is 5.56 Å². The molecule has 18 heavy (non-hydrogen) atoms. The largest absolute Gasteiger partial charge is 0.375 e. The molecule has 4 heteroatoms. The van der Waals surface area contributed by atoms with Crippen molar-refractivity contribution in [3.63, 3.8) is 0 Å². The summed E-state index contributed by atoms with van der Waals surface area (Å²) >= 11 is 0. The zero-order valence-corrected chi connectivity index (χ0v) is 10.6. The summed E-state index contributed by atoms with van der Waals surface area (Å²) in [5, 5.41) is 3.35. The van der Waals surface area contributed by atoms with Crippen molar-refractivity contribution in [1.82, 2.24) is 15.3 Å². The first-order valence-corrected chi connectivity index (χ1v) is 6.18. The first-order chi connectivity index (χ1) is 8.84. The van der Waals surface area contributed by atoms with Gasteiger partial charge in [0.15, 0.2) is 0 Å². The Morgan fingerprint density at radius 2 is 2.17 bits per heavy atom. The Morgan fingerprint density at radius 1 is 1.33 bits per heavy atom. The van der Waals surface area contributed by atoms with Crippen LogP contribution in [0.5, 0.6) is 0 Å². The molecular formula is C14H19N3O. The van der Waals surface area contributed by atoms with Crippen LogP contribution in [0.25, 0.3) is 0 Å². The Balaban J connectivity index is 1.61. The Morgan fingerprint density at radius 3 is 2.89 bits per heavy atom. The first-order valence-electron chi connectivity index (χ1n) is 6.18. The zero-order valence-electron chi connectivity index (χ0n) is 10.6. The van der Waals surface area contributed by atoms with Gasteiger partial charge in [0.05, 0.1) is 19.8 Å². The maximum atomic E-state index is 5.66. The molecule has 0 aliphatic heterocycles. The lowest BCUT2D eigenvalue weighted by Gasteiger charge is -2.13. The van der Waals surface area contributed by atoms with Crippen LogP contribution in [-0.2, 0) is 17.9 Å². The number of ether oxygens (including phenoxy) is 1. The molecular weight excluding hydrogens is 226 g/mol. The van der Waals surface area contributed by atoms with E-state index in [1.54, 1.807) is 6.20 Å². The van der Waals surface area contributed by atoms with Crippen molar-refractivity contribution in [2.75, 3.05) is 6.61 Å². The predicted molar refractivity (Wildman–Crippen MR) is 71.0 cm³/mol. The van der Waals surface area contributed by atoms with Gasteiger partial charge in [0.2, 0.25) is 0 Å². The second-order valence-corrected chi connectivity index (χ2v) is 4.32. The fourth-order valence-electron chi connectivity index (χ4n) is 1.65. The number of hydrogen-bond acceptors (Lipinski definition) is 3. The molecule has 1 aromatic heterocycles. The minimum atomic E-state index is 0.304. The molecule has 96 valence electrons. The van der Waals surface area contributed by atoms with Crippen LogP contribution >= 0.6 is 0 Å². The molecule has 0 radical (unpaired) electrons. The van der Waals surface area contributed by atoms with Gasteiger partial charge >= 0.3 is 0 Å². The molecule has 0 fully saturated rings. The monoisotopic (exact) mass is 245 g/mol. The van der Waals surface area contributed by atoms with Crippen LogP contribution in [0.15, 0.2) is 42.7 Å². The van der Waals surface area contributed by atoms with Crippen molar-refractivity contribution in [3.8, 4) is 0 Å². The van der Waals surface area contributed by atoms with Crippen molar-refractivity contribution in [1.29, 1.82) is 0 Å². The molecule has 0 aliphatic carbocycles. The zero-order chi connectivity index (χ0) is 12.6. The average Bonchev–Trinajstić information content (AvgIpc) is 2.91. The van der Waals surface area contributed by atoms with Gasteiger partial charge in [0.1, 0.15) is 5.82 Å². The van der Waals surface area contributed by atoms with Crippen molar-refractivity contribution in [2.24, 2.45) is 0 Å².